The van der Waals surface area contributed by atoms with Crippen LogP contribution in [-0.2, 0) is 30.5 Å². The fraction of sp³-hybridized carbons (Fsp3) is 0.467. The molecule has 2 atom stereocenters. The number of nitrogens with zero attached hydrogens (tertiary/aromatic N) is 1. The van der Waals surface area contributed by atoms with Crippen LogP contribution in [0.2, 0.25) is 0 Å². The van der Waals surface area contributed by atoms with Gasteiger partial charge in [0.05, 0.1) is 7.11 Å². The van der Waals surface area contributed by atoms with Gasteiger partial charge in [0.15, 0.2) is 6.23 Å². The summed E-state index contributed by atoms with van der Waals surface area (Å²) in [5.41, 5.74) is 1.77. The Morgan fingerprint density at radius 1 is 1.35 bits per heavy atom. The van der Waals surface area contributed by atoms with Crippen LogP contribution in [0.5, 0.6) is 5.75 Å². The molecular formula is C15H18ClNO6. The van der Waals surface area contributed by atoms with Gasteiger partial charge in [0.25, 0.3) is 5.75 Å². The van der Waals surface area contributed by atoms with Crippen molar-refractivity contribution in [1.29, 1.82) is 0 Å². The van der Waals surface area contributed by atoms with Crippen LogP contribution in [0.1, 0.15) is 31.2 Å². The van der Waals surface area contributed by atoms with Crippen molar-refractivity contribution in [3.63, 3.8) is 0 Å². The van der Waals surface area contributed by atoms with Crippen molar-refractivity contribution < 1.29 is 28.8 Å². The third-order valence-corrected chi connectivity index (χ3v) is 3.58. The van der Waals surface area contributed by atoms with Crippen molar-refractivity contribution in [1.82, 2.24) is 4.90 Å². The van der Waals surface area contributed by atoms with E-state index in [0.717, 1.165) is 16.9 Å². The van der Waals surface area contributed by atoms with E-state index in [1.165, 1.54) is 18.7 Å². The van der Waals surface area contributed by atoms with Crippen molar-refractivity contribution in [2.24, 2.45) is 0 Å². The summed E-state index contributed by atoms with van der Waals surface area (Å²) in [5, 5.41) is 0. The van der Waals surface area contributed by atoms with Crippen molar-refractivity contribution in [2.45, 2.75) is 32.2 Å². The zero-order chi connectivity index (χ0) is 17.0. The molecule has 1 aliphatic heterocycles. The minimum Gasteiger partial charge on any atom is -0.497 e. The van der Waals surface area contributed by atoms with Crippen LogP contribution >= 0.6 is 11.6 Å². The Hall–Kier alpha value is -1.83. The van der Waals surface area contributed by atoms with Crippen LogP contribution in [0.15, 0.2) is 18.2 Å². The number of rotatable bonds is 5. The van der Waals surface area contributed by atoms with Gasteiger partial charge in [0.2, 0.25) is 5.91 Å². The van der Waals surface area contributed by atoms with Crippen LogP contribution in [0.25, 0.3) is 0 Å². The first-order valence-electron chi connectivity index (χ1n) is 7.00. The highest BCUT2D eigenvalue weighted by atomic mass is 35.5. The van der Waals surface area contributed by atoms with Crippen molar-refractivity contribution in [3.05, 3.63) is 29.3 Å². The Morgan fingerprint density at radius 2 is 2.09 bits per heavy atom. The van der Waals surface area contributed by atoms with Crippen molar-refractivity contribution >= 4 is 23.5 Å². The monoisotopic (exact) mass is 343 g/mol. The third-order valence-electron chi connectivity index (χ3n) is 3.40. The average Bonchev–Trinajstić information content (AvgIpc) is 2.52. The largest absolute Gasteiger partial charge is 0.497 e. The van der Waals surface area contributed by atoms with Crippen molar-refractivity contribution in [3.8, 4) is 5.75 Å². The molecule has 1 aromatic rings. The molecule has 1 aliphatic rings. The maximum absolute atomic E-state index is 11.8. The lowest BCUT2D eigenvalue weighted by atomic mass is 9.97. The lowest BCUT2D eigenvalue weighted by Crippen LogP contribution is -2.41. The second-order valence-electron chi connectivity index (χ2n) is 4.96. The van der Waals surface area contributed by atoms with E-state index in [-0.39, 0.29) is 5.91 Å². The molecule has 0 saturated carbocycles. The average molecular weight is 344 g/mol. The summed E-state index contributed by atoms with van der Waals surface area (Å²) in [6.07, 6.45) is -0.0655. The molecule has 126 valence electrons. The molecule has 0 fully saturated rings. The van der Waals surface area contributed by atoms with E-state index in [2.05, 4.69) is 9.78 Å². The summed E-state index contributed by atoms with van der Waals surface area (Å²) in [6, 6.07) is 5.47. The number of alkyl halides is 1. The third kappa shape index (κ3) is 4.34. The summed E-state index contributed by atoms with van der Waals surface area (Å²) in [5.74, 6) is -1.44. The summed E-state index contributed by atoms with van der Waals surface area (Å²) in [4.78, 5) is 33.1. The fourth-order valence-electron chi connectivity index (χ4n) is 2.39. The highest BCUT2D eigenvalue weighted by Gasteiger charge is 2.32. The Kier molecular flexibility index (Phi) is 5.81. The van der Waals surface area contributed by atoms with E-state index in [0.29, 0.717) is 13.0 Å². The molecule has 1 heterocycles. The quantitative estimate of drug-likeness (QED) is 0.353. The van der Waals surface area contributed by atoms with E-state index in [4.69, 9.17) is 21.1 Å². The van der Waals surface area contributed by atoms with Crippen LogP contribution < -0.4 is 4.74 Å². The highest BCUT2D eigenvalue weighted by molar-refractivity contribution is 6.18. The summed E-state index contributed by atoms with van der Waals surface area (Å²) >= 11 is 5.87. The fourth-order valence-corrected chi connectivity index (χ4v) is 2.53. The summed E-state index contributed by atoms with van der Waals surface area (Å²) < 4.78 is 10.8. The van der Waals surface area contributed by atoms with E-state index < -0.39 is 17.9 Å². The molecule has 0 aliphatic carbocycles. The molecule has 2 rings (SSSR count). The number of carbonyl (C=O) groups is 2. The van der Waals surface area contributed by atoms with Gasteiger partial charge in [0.1, 0.15) is 5.75 Å². The molecule has 1 aromatic carbocycles. The SMILES string of the molecule is COc1ccc2c(c1)CCN(C(C)=O)C2OC(Cl)OOC(C)=O. The second kappa shape index (κ2) is 7.63. The minimum absolute atomic E-state index is 0.159. The molecule has 0 spiro atoms. The smallest absolute Gasteiger partial charge is 0.339 e. The minimum atomic E-state index is -1.35. The maximum atomic E-state index is 11.8. The molecule has 23 heavy (non-hydrogen) atoms. The van der Waals surface area contributed by atoms with Gasteiger partial charge in [-0.3, -0.25) is 9.68 Å². The number of methoxy groups -OCH3 is 1. The normalized spacial score (nSPS) is 18.1. The first-order chi connectivity index (χ1) is 10.9. The van der Waals surface area contributed by atoms with Gasteiger partial charge in [-0.15, -0.1) is 4.89 Å². The molecule has 0 radical (unpaired) electrons. The number of halogens is 1. The van der Waals surface area contributed by atoms with Gasteiger partial charge in [-0.25, -0.2) is 4.79 Å². The highest BCUT2D eigenvalue weighted by Crippen LogP contribution is 2.34. The molecule has 0 bridgehead atoms. The molecule has 7 nitrogen and oxygen atoms in total. The number of ether oxygens (including phenoxy) is 2. The molecule has 0 N–H and O–H groups in total. The Balaban J connectivity index is 2.22. The first-order valence-corrected chi connectivity index (χ1v) is 7.43. The first kappa shape index (κ1) is 17.5. The zero-order valence-electron chi connectivity index (χ0n) is 13.1. The number of hydrogen-bond donors (Lipinski definition) is 0. The van der Waals surface area contributed by atoms with Crippen LogP contribution in [-0.4, -0.2) is 36.2 Å². The van der Waals surface area contributed by atoms with E-state index in [9.17, 15) is 9.59 Å². The molecule has 0 saturated heterocycles. The van der Waals surface area contributed by atoms with Crippen molar-refractivity contribution in [2.75, 3.05) is 13.7 Å². The van der Waals surface area contributed by atoms with Gasteiger partial charge in [0, 0.05) is 26.0 Å². The molecular weight excluding hydrogens is 326 g/mol. The van der Waals surface area contributed by atoms with E-state index >= 15 is 0 Å². The molecule has 0 aromatic heterocycles. The van der Waals surface area contributed by atoms with Gasteiger partial charge >= 0.3 is 5.97 Å². The number of carbonyl (C=O) groups excluding carboxylic acids is 2. The zero-order valence-corrected chi connectivity index (χ0v) is 13.8. The van der Waals surface area contributed by atoms with Gasteiger partial charge in [-0.1, -0.05) is 17.7 Å². The lowest BCUT2D eigenvalue weighted by Gasteiger charge is -2.37. The lowest BCUT2D eigenvalue weighted by molar-refractivity contribution is -0.340. The standard InChI is InChI=1S/C15H18ClNO6/c1-9(18)17-7-6-11-8-12(20-3)4-5-13(11)14(17)21-15(16)23-22-10(2)19/h4-5,8,14-15H,6-7H2,1-3H3. The number of benzene rings is 1. The maximum Gasteiger partial charge on any atom is 0.339 e. The predicted octanol–water partition coefficient (Wildman–Crippen LogP) is 2.13. The number of amides is 1. The van der Waals surface area contributed by atoms with Gasteiger partial charge in [-0.2, -0.15) is 0 Å². The van der Waals surface area contributed by atoms with Gasteiger partial charge < -0.3 is 14.4 Å². The summed E-state index contributed by atoms with van der Waals surface area (Å²) in [6.45, 7) is 3.09. The van der Waals surface area contributed by atoms with E-state index in [1.54, 1.807) is 13.2 Å². The Bertz CT molecular complexity index is 593. The molecule has 2 unspecified atom stereocenters. The summed E-state index contributed by atoms with van der Waals surface area (Å²) in [7, 11) is 1.59. The number of fused-ring (bicyclic) bond motifs is 1. The van der Waals surface area contributed by atoms with Crippen LogP contribution in [0.3, 0.4) is 0 Å². The molecule has 1 amide bonds. The predicted molar refractivity (Wildman–Crippen MR) is 80.4 cm³/mol. The Morgan fingerprint density at radius 3 is 2.70 bits per heavy atom. The van der Waals surface area contributed by atoms with Crippen LogP contribution in [0.4, 0.5) is 0 Å². The topological polar surface area (TPSA) is 74.3 Å². The second-order valence-corrected chi connectivity index (χ2v) is 5.32. The van der Waals surface area contributed by atoms with E-state index in [1.807, 2.05) is 12.1 Å². The van der Waals surface area contributed by atoms with Crippen LogP contribution in [0, 0.1) is 0 Å². The Labute approximate surface area is 138 Å². The van der Waals surface area contributed by atoms with Gasteiger partial charge in [-0.05, 0) is 24.1 Å². The molecule has 8 heteroatoms. The number of hydrogen-bond acceptors (Lipinski definition) is 6.